The predicted molar refractivity (Wildman–Crippen MR) is 127 cm³/mol. The van der Waals surface area contributed by atoms with Crippen LogP contribution < -0.4 is 9.47 Å². The first-order chi connectivity index (χ1) is 18.2. The normalized spacial score (nSPS) is 35.3. The molecule has 2 saturated heterocycles. The molecule has 9 atom stereocenters. The quantitative estimate of drug-likeness (QED) is 0.294. The van der Waals surface area contributed by atoms with Gasteiger partial charge in [-0.2, -0.15) is 0 Å². The van der Waals surface area contributed by atoms with E-state index in [1.165, 1.54) is 13.0 Å². The lowest BCUT2D eigenvalue weighted by molar-refractivity contribution is -0.326. The number of ketones is 1. The molecule has 38 heavy (non-hydrogen) atoms. The molecule has 2 aromatic rings. The van der Waals surface area contributed by atoms with Gasteiger partial charge in [-0.3, -0.25) is 4.79 Å². The molecule has 0 saturated carbocycles. The number of carbonyl (C=O) groups is 1. The first kappa shape index (κ1) is 26.8. The topological polar surface area (TPSA) is 185 Å². The Hall–Kier alpha value is -2.81. The minimum Gasteiger partial charge on any atom is -0.507 e. The maximum atomic E-state index is 12.9. The minimum absolute atomic E-state index is 0.0351. The molecule has 0 spiro atoms. The summed E-state index contributed by atoms with van der Waals surface area (Å²) in [5.41, 5.74) is 1.04. The number of hydrogen-bond donors (Lipinski definition) is 6. The fraction of sp³-hybridized carbons (Fsp3) is 0.500. The third-order valence-corrected chi connectivity index (χ3v) is 6.97. The maximum absolute atomic E-state index is 12.9. The summed E-state index contributed by atoms with van der Waals surface area (Å²) in [6, 6.07) is 10.6. The molecular weight excluding hydrogens is 504 g/mol. The molecule has 3 heterocycles. The van der Waals surface area contributed by atoms with Crippen LogP contribution in [0.3, 0.4) is 0 Å². The van der Waals surface area contributed by atoms with E-state index in [4.69, 9.17) is 23.7 Å². The van der Waals surface area contributed by atoms with E-state index in [1.54, 1.807) is 0 Å². The van der Waals surface area contributed by atoms with Crippen LogP contribution in [0.4, 0.5) is 0 Å². The van der Waals surface area contributed by atoms with Crippen LogP contribution in [-0.2, 0) is 14.2 Å². The van der Waals surface area contributed by atoms with Gasteiger partial charge in [-0.15, -0.1) is 0 Å². The van der Waals surface area contributed by atoms with Crippen molar-refractivity contribution < 1.29 is 59.1 Å². The second-order valence-corrected chi connectivity index (χ2v) is 9.59. The maximum Gasteiger partial charge on any atom is 0.228 e. The van der Waals surface area contributed by atoms with Crippen molar-refractivity contribution in [2.24, 2.45) is 0 Å². The van der Waals surface area contributed by atoms with Gasteiger partial charge in [0.2, 0.25) is 6.29 Å². The van der Waals surface area contributed by atoms with Crippen molar-refractivity contribution in [1.82, 2.24) is 0 Å². The zero-order valence-electron chi connectivity index (χ0n) is 20.4. The molecule has 2 aromatic carbocycles. The van der Waals surface area contributed by atoms with Crippen molar-refractivity contribution in [3.05, 3.63) is 53.1 Å². The minimum atomic E-state index is -1.63. The van der Waals surface area contributed by atoms with E-state index in [9.17, 15) is 35.4 Å². The molecule has 6 N–H and O–H groups in total. The Balaban J connectivity index is 1.35. The number of aromatic hydroxyl groups is 1. The lowest BCUT2D eigenvalue weighted by Crippen LogP contribution is -2.60. The van der Waals surface area contributed by atoms with Crippen LogP contribution in [0.2, 0.25) is 0 Å². The number of fused-ring (bicyclic) bond motifs is 1. The van der Waals surface area contributed by atoms with Gasteiger partial charge in [-0.25, -0.2) is 0 Å². The standard InChI is InChI=1S/C26H30O12/c1-11-16(8-18-19(20(11)30)13(27)7-17(36-18)12-5-3-2-4-6-12)37-26-23(33)24(15(29)10-35-26)38-25-22(32)21(31)14(28)9-34-25/h2-6,8,14-15,17,21-26,28-33H,7,9-10H2,1H3/t14-,15+,17+,21-,22-,23-,24+,25-,26+/m1/s1. The highest BCUT2D eigenvalue weighted by atomic mass is 16.7. The lowest BCUT2D eigenvalue weighted by Gasteiger charge is -2.42. The van der Waals surface area contributed by atoms with Crippen molar-refractivity contribution in [3.63, 3.8) is 0 Å². The van der Waals surface area contributed by atoms with Crippen LogP contribution in [0.15, 0.2) is 36.4 Å². The Morgan fingerprint density at radius 1 is 0.895 bits per heavy atom. The molecular formula is C26H30O12. The van der Waals surface area contributed by atoms with Gasteiger partial charge in [0.1, 0.15) is 65.5 Å². The SMILES string of the molecule is Cc1c(O[C@@H]2OC[C@H](O)[C@H](O[C@H]3OC[C@@H](O)[C@@H](O)[C@H]3O)[C@H]2O)cc2c(c1O)C(=O)C[C@@H](c1ccccc1)O2. The van der Waals surface area contributed by atoms with Crippen LogP contribution >= 0.6 is 0 Å². The zero-order valence-corrected chi connectivity index (χ0v) is 20.4. The monoisotopic (exact) mass is 534 g/mol. The van der Waals surface area contributed by atoms with Gasteiger partial charge >= 0.3 is 0 Å². The molecule has 0 bridgehead atoms. The Kier molecular flexibility index (Phi) is 7.58. The molecule has 3 aliphatic rings. The molecule has 0 aliphatic carbocycles. The highest BCUT2D eigenvalue weighted by molar-refractivity contribution is 6.03. The summed E-state index contributed by atoms with van der Waals surface area (Å²) in [7, 11) is 0. The first-order valence-corrected chi connectivity index (χ1v) is 12.2. The highest BCUT2D eigenvalue weighted by Gasteiger charge is 2.46. The Morgan fingerprint density at radius 2 is 1.58 bits per heavy atom. The number of benzene rings is 2. The molecule has 0 unspecified atom stereocenters. The predicted octanol–water partition coefficient (Wildman–Crippen LogP) is -0.312. The Labute approximate surface area is 217 Å². The number of ether oxygens (including phenoxy) is 5. The van der Waals surface area contributed by atoms with E-state index in [2.05, 4.69) is 0 Å². The largest absolute Gasteiger partial charge is 0.507 e. The number of Topliss-reactive ketones (excluding diaryl/α,β-unsaturated/α-hetero) is 1. The van der Waals surface area contributed by atoms with Gasteiger partial charge in [-0.1, -0.05) is 30.3 Å². The van der Waals surface area contributed by atoms with E-state index in [1.807, 2.05) is 30.3 Å². The van der Waals surface area contributed by atoms with E-state index in [0.717, 1.165) is 5.56 Å². The summed E-state index contributed by atoms with van der Waals surface area (Å²) in [6.45, 7) is 0.883. The van der Waals surface area contributed by atoms with Crippen LogP contribution in [0.1, 0.15) is 34.0 Å². The molecule has 12 heteroatoms. The third kappa shape index (κ3) is 4.97. The van der Waals surface area contributed by atoms with Crippen LogP contribution in [-0.4, -0.2) is 98.8 Å². The van der Waals surface area contributed by atoms with Crippen molar-refractivity contribution in [1.29, 1.82) is 0 Å². The molecule has 0 aromatic heterocycles. The second kappa shape index (κ2) is 10.8. The van der Waals surface area contributed by atoms with Gasteiger partial charge in [0.15, 0.2) is 12.1 Å². The van der Waals surface area contributed by atoms with E-state index >= 15 is 0 Å². The first-order valence-electron chi connectivity index (χ1n) is 12.2. The van der Waals surface area contributed by atoms with Crippen molar-refractivity contribution >= 4 is 5.78 Å². The third-order valence-electron chi connectivity index (χ3n) is 6.97. The zero-order chi connectivity index (χ0) is 27.1. The summed E-state index contributed by atoms with van der Waals surface area (Å²) in [5, 5.41) is 61.7. The molecule has 0 amide bonds. The van der Waals surface area contributed by atoms with Crippen molar-refractivity contribution in [3.8, 4) is 17.2 Å². The second-order valence-electron chi connectivity index (χ2n) is 9.59. The number of phenols is 1. The summed E-state index contributed by atoms with van der Waals surface area (Å²) in [5.74, 6) is -0.443. The molecule has 3 aliphatic heterocycles. The average Bonchev–Trinajstić information content (AvgIpc) is 2.91. The van der Waals surface area contributed by atoms with Gasteiger partial charge in [0.05, 0.1) is 19.6 Å². The number of carbonyl (C=O) groups excluding carboxylic acids is 1. The molecule has 5 rings (SSSR count). The average molecular weight is 535 g/mol. The van der Waals surface area contributed by atoms with Gasteiger partial charge in [0.25, 0.3) is 0 Å². The number of rotatable bonds is 5. The van der Waals surface area contributed by atoms with E-state index < -0.39 is 55.3 Å². The van der Waals surface area contributed by atoms with Crippen LogP contribution in [0, 0.1) is 6.92 Å². The van der Waals surface area contributed by atoms with Crippen molar-refractivity contribution in [2.75, 3.05) is 13.2 Å². The summed E-state index contributed by atoms with van der Waals surface area (Å²) in [6.07, 6.45) is -12.1. The fourth-order valence-electron chi connectivity index (χ4n) is 4.75. The van der Waals surface area contributed by atoms with E-state index in [-0.39, 0.29) is 53.8 Å². The highest BCUT2D eigenvalue weighted by Crippen LogP contribution is 2.45. The smallest absolute Gasteiger partial charge is 0.228 e. The number of aliphatic hydroxyl groups is 5. The molecule has 2 fully saturated rings. The molecule has 206 valence electrons. The van der Waals surface area contributed by atoms with Crippen LogP contribution in [0.25, 0.3) is 0 Å². The number of aliphatic hydroxyl groups excluding tert-OH is 5. The van der Waals surface area contributed by atoms with Crippen LogP contribution in [0.5, 0.6) is 17.2 Å². The van der Waals surface area contributed by atoms with E-state index in [0.29, 0.717) is 0 Å². The number of phenolic OH excluding ortho intramolecular Hbond substituents is 1. The van der Waals surface area contributed by atoms with Gasteiger partial charge in [-0.05, 0) is 12.5 Å². The lowest BCUT2D eigenvalue weighted by atomic mass is 9.94. The molecule has 0 radical (unpaired) electrons. The fourth-order valence-corrected chi connectivity index (χ4v) is 4.75. The summed E-state index contributed by atoms with van der Waals surface area (Å²) < 4.78 is 28.1. The Morgan fingerprint density at radius 3 is 2.32 bits per heavy atom. The van der Waals surface area contributed by atoms with Crippen molar-refractivity contribution in [2.45, 2.75) is 68.7 Å². The van der Waals surface area contributed by atoms with Gasteiger partial charge in [0, 0.05) is 11.6 Å². The van der Waals surface area contributed by atoms with Gasteiger partial charge < -0.3 is 54.3 Å². The molecule has 12 nitrogen and oxygen atoms in total. The Bertz CT molecular complexity index is 1160. The summed E-state index contributed by atoms with van der Waals surface area (Å²) in [4.78, 5) is 12.9. The summed E-state index contributed by atoms with van der Waals surface area (Å²) >= 11 is 0. The number of hydrogen-bond acceptors (Lipinski definition) is 12.